The molecule has 0 bridgehead atoms. The van der Waals surface area contributed by atoms with E-state index >= 15 is 0 Å². The van der Waals surface area contributed by atoms with Crippen molar-refractivity contribution in [2.75, 3.05) is 6.79 Å². The van der Waals surface area contributed by atoms with E-state index in [-0.39, 0.29) is 18.3 Å². The summed E-state index contributed by atoms with van der Waals surface area (Å²) in [6.07, 6.45) is 0. The van der Waals surface area contributed by atoms with Gasteiger partial charge in [0, 0.05) is 0 Å². The second-order valence-electron chi connectivity index (χ2n) is 4.80. The van der Waals surface area contributed by atoms with E-state index in [1.807, 2.05) is 0 Å². The molecule has 0 spiro atoms. The Morgan fingerprint density at radius 2 is 1.83 bits per heavy atom. The number of nitrogens with two attached hydrogens (primary N) is 1. The highest BCUT2D eigenvalue weighted by Crippen LogP contribution is 2.18. The summed E-state index contributed by atoms with van der Waals surface area (Å²) in [5.74, 6) is -0.668. The molecule has 98 valence electrons. The molecule has 1 aromatic carbocycles. The van der Waals surface area contributed by atoms with Crippen LogP contribution in [-0.2, 0) is 9.53 Å². The van der Waals surface area contributed by atoms with Crippen molar-refractivity contribution in [3.8, 4) is 5.75 Å². The summed E-state index contributed by atoms with van der Waals surface area (Å²) >= 11 is 0. The average Bonchev–Trinajstić information content (AvgIpc) is 2.28. The highest BCUT2D eigenvalue weighted by atomic mass is 16.7. The lowest BCUT2D eigenvalue weighted by Crippen LogP contribution is -2.25. The van der Waals surface area contributed by atoms with Gasteiger partial charge in [0.25, 0.3) is 5.91 Å². The van der Waals surface area contributed by atoms with Gasteiger partial charge in [-0.25, -0.2) is 0 Å². The Morgan fingerprint density at radius 1 is 1.22 bits per heavy atom. The second-order valence-corrected chi connectivity index (χ2v) is 4.80. The Morgan fingerprint density at radius 3 is 2.39 bits per heavy atom. The molecule has 5 nitrogen and oxygen atoms in total. The minimum Gasteiger partial charge on any atom is -0.457 e. The maximum atomic E-state index is 11.5. The molecule has 1 aromatic rings. The topological polar surface area (TPSA) is 78.6 Å². The van der Waals surface area contributed by atoms with Crippen molar-refractivity contribution in [1.82, 2.24) is 0 Å². The van der Waals surface area contributed by atoms with Crippen LogP contribution < -0.4 is 10.5 Å². The van der Waals surface area contributed by atoms with E-state index < -0.39 is 11.3 Å². The fourth-order valence-electron chi connectivity index (χ4n) is 1.16. The number of primary amides is 1. The minimum absolute atomic E-state index is 0.250. The van der Waals surface area contributed by atoms with Crippen LogP contribution in [0.15, 0.2) is 24.3 Å². The number of ether oxygens (including phenoxy) is 2. The van der Waals surface area contributed by atoms with Crippen molar-refractivity contribution in [2.24, 2.45) is 11.1 Å². The second kappa shape index (κ2) is 5.53. The first-order valence-corrected chi connectivity index (χ1v) is 5.51. The van der Waals surface area contributed by atoms with Crippen LogP contribution in [0, 0.1) is 5.41 Å². The van der Waals surface area contributed by atoms with Crippen molar-refractivity contribution < 1.29 is 19.1 Å². The van der Waals surface area contributed by atoms with E-state index in [9.17, 15) is 9.59 Å². The number of hydrogen-bond acceptors (Lipinski definition) is 4. The Balaban J connectivity index is 2.60. The van der Waals surface area contributed by atoms with Crippen LogP contribution in [0.5, 0.6) is 5.75 Å². The van der Waals surface area contributed by atoms with Crippen LogP contribution in [-0.4, -0.2) is 18.7 Å². The summed E-state index contributed by atoms with van der Waals surface area (Å²) in [7, 11) is 0. The van der Waals surface area contributed by atoms with Gasteiger partial charge in [0.2, 0.25) is 6.79 Å². The average molecular weight is 251 g/mol. The summed E-state index contributed by atoms with van der Waals surface area (Å²) < 4.78 is 10.2. The molecule has 0 aromatic heterocycles. The third-order valence-corrected chi connectivity index (χ3v) is 2.17. The standard InChI is InChI=1S/C13H17NO4/c1-13(2,3)12(16)18-8-17-10-7-5-4-6-9(10)11(14)15/h4-7H,8H2,1-3H3,(H2,14,15). The number of esters is 1. The smallest absolute Gasteiger partial charge is 0.314 e. The van der Waals surface area contributed by atoms with Crippen LogP contribution in [0.1, 0.15) is 31.1 Å². The Hall–Kier alpha value is -2.04. The molecule has 0 aliphatic carbocycles. The maximum Gasteiger partial charge on any atom is 0.314 e. The lowest BCUT2D eigenvalue weighted by atomic mass is 9.98. The third kappa shape index (κ3) is 3.76. The quantitative estimate of drug-likeness (QED) is 0.652. The molecular weight excluding hydrogens is 234 g/mol. The summed E-state index contributed by atoms with van der Waals surface area (Å²) in [6, 6.07) is 6.51. The molecule has 0 saturated carbocycles. The van der Waals surface area contributed by atoms with Gasteiger partial charge in [-0.2, -0.15) is 0 Å². The van der Waals surface area contributed by atoms with E-state index in [0.29, 0.717) is 5.75 Å². The maximum absolute atomic E-state index is 11.5. The minimum atomic E-state index is -0.591. The van der Waals surface area contributed by atoms with Crippen LogP contribution in [0.3, 0.4) is 0 Å². The number of carbonyl (C=O) groups excluding carboxylic acids is 2. The van der Waals surface area contributed by atoms with Gasteiger partial charge in [-0.15, -0.1) is 0 Å². The van der Waals surface area contributed by atoms with E-state index in [4.69, 9.17) is 15.2 Å². The predicted molar refractivity (Wildman–Crippen MR) is 66.0 cm³/mol. The molecule has 18 heavy (non-hydrogen) atoms. The highest BCUT2D eigenvalue weighted by molar-refractivity contribution is 5.95. The predicted octanol–water partition coefficient (Wildman–Crippen LogP) is 1.71. The zero-order valence-corrected chi connectivity index (χ0v) is 10.7. The van der Waals surface area contributed by atoms with Gasteiger partial charge in [0.1, 0.15) is 5.75 Å². The van der Waals surface area contributed by atoms with Gasteiger partial charge in [0.15, 0.2) is 0 Å². The van der Waals surface area contributed by atoms with Crippen molar-refractivity contribution in [3.63, 3.8) is 0 Å². The fraction of sp³-hybridized carbons (Fsp3) is 0.385. The fourth-order valence-corrected chi connectivity index (χ4v) is 1.16. The summed E-state index contributed by atoms with van der Waals surface area (Å²) in [6.45, 7) is 4.98. The number of rotatable bonds is 4. The van der Waals surface area contributed by atoms with Crippen LogP contribution >= 0.6 is 0 Å². The lowest BCUT2D eigenvalue weighted by Gasteiger charge is -2.17. The van der Waals surface area contributed by atoms with Gasteiger partial charge in [0.05, 0.1) is 11.0 Å². The van der Waals surface area contributed by atoms with Gasteiger partial charge in [-0.05, 0) is 32.9 Å². The van der Waals surface area contributed by atoms with Crippen molar-refractivity contribution in [1.29, 1.82) is 0 Å². The molecule has 2 N–H and O–H groups in total. The van der Waals surface area contributed by atoms with E-state index in [0.717, 1.165) is 0 Å². The molecule has 0 heterocycles. The van der Waals surface area contributed by atoms with Gasteiger partial charge in [-0.3, -0.25) is 9.59 Å². The lowest BCUT2D eigenvalue weighted by molar-refractivity contribution is -0.159. The normalized spacial score (nSPS) is 10.8. The first-order chi connectivity index (χ1) is 8.32. The van der Waals surface area contributed by atoms with Gasteiger partial charge < -0.3 is 15.2 Å². The van der Waals surface area contributed by atoms with Gasteiger partial charge in [-0.1, -0.05) is 12.1 Å². The molecule has 0 radical (unpaired) electrons. The third-order valence-electron chi connectivity index (χ3n) is 2.17. The number of benzene rings is 1. The molecular formula is C13H17NO4. The number of amides is 1. The monoisotopic (exact) mass is 251 g/mol. The number of para-hydroxylation sites is 1. The van der Waals surface area contributed by atoms with Gasteiger partial charge >= 0.3 is 5.97 Å². The summed E-state index contributed by atoms with van der Waals surface area (Å²) in [5, 5.41) is 0. The zero-order chi connectivity index (χ0) is 13.8. The molecule has 0 aliphatic heterocycles. The Labute approximate surface area is 106 Å². The molecule has 1 rings (SSSR count). The Kier molecular flexibility index (Phi) is 4.31. The summed E-state index contributed by atoms with van der Waals surface area (Å²) in [5.41, 5.74) is 4.85. The molecule has 5 heteroatoms. The van der Waals surface area contributed by atoms with E-state index in [2.05, 4.69) is 0 Å². The Bertz CT molecular complexity index is 449. The molecule has 0 unspecified atom stereocenters. The molecule has 0 atom stereocenters. The molecule has 0 saturated heterocycles. The molecule has 0 aliphatic rings. The highest BCUT2D eigenvalue weighted by Gasteiger charge is 2.23. The zero-order valence-electron chi connectivity index (χ0n) is 10.7. The van der Waals surface area contributed by atoms with Crippen LogP contribution in [0.2, 0.25) is 0 Å². The first-order valence-electron chi connectivity index (χ1n) is 5.51. The number of carbonyl (C=O) groups is 2. The van der Waals surface area contributed by atoms with E-state index in [1.54, 1.807) is 45.0 Å². The van der Waals surface area contributed by atoms with Crippen LogP contribution in [0.4, 0.5) is 0 Å². The first kappa shape index (κ1) is 14.0. The SMILES string of the molecule is CC(C)(C)C(=O)OCOc1ccccc1C(N)=O. The van der Waals surface area contributed by atoms with Crippen molar-refractivity contribution >= 4 is 11.9 Å². The van der Waals surface area contributed by atoms with Crippen LogP contribution in [0.25, 0.3) is 0 Å². The number of hydrogen-bond donors (Lipinski definition) is 1. The van der Waals surface area contributed by atoms with Crippen molar-refractivity contribution in [3.05, 3.63) is 29.8 Å². The largest absolute Gasteiger partial charge is 0.457 e. The van der Waals surface area contributed by atoms with E-state index in [1.165, 1.54) is 0 Å². The molecule has 0 fully saturated rings. The summed E-state index contributed by atoms with van der Waals surface area (Å²) in [4.78, 5) is 22.6. The molecule has 1 amide bonds. The van der Waals surface area contributed by atoms with Crippen molar-refractivity contribution in [2.45, 2.75) is 20.8 Å².